The Bertz CT molecular complexity index is 890. The van der Waals surface area contributed by atoms with Gasteiger partial charge in [0.2, 0.25) is 5.88 Å². The molecule has 0 atom stereocenters. The lowest BCUT2D eigenvalue weighted by atomic mass is 9.91. The van der Waals surface area contributed by atoms with E-state index in [1.54, 1.807) is 22.6 Å². The van der Waals surface area contributed by atoms with Crippen LogP contribution in [0.1, 0.15) is 36.1 Å². The number of methoxy groups -OCH3 is 1. The van der Waals surface area contributed by atoms with Crippen LogP contribution in [0.2, 0.25) is 0 Å². The van der Waals surface area contributed by atoms with Crippen LogP contribution in [0.5, 0.6) is 5.88 Å². The molecule has 0 aromatic carbocycles. The second kappa shape index (κ2) is 8.04. The molecule has 2 fully saturated rings. The van der Waals surface area contributed by atoms with Crippen LogP contribution in [0.25, 0.3) is 10.2 Å². The lowest BCUT2D eigenvalue weighted by Gasteiger charge is -2.38. The predicted octanol–water partition coefficient (Wildman–Crippen LogP) is 2.80. The fraction of sp³-hybridized carbons (Fsp3) is 0.650. The largest absolute Gasteiger partial charge is 0.474 e. The number of hydrogen-bond donors (Lipinski definition) is 0. The first kappa shape index (κ1) is 19.0. The molecule has 0 bridgehead atoms. The molecule has 1 aliphatic carbocycles. The molecule has 2 aromatic rings. The number of aromatic nitrogens is 2. The highest BCUT2D eigenvalue weighted by atomic mass is 32.1. The van der Waals surface area contributed by atoms with Gasteiger partial charge in [0, 0.05) is 29.6 Å². The summed E-state index contributed by atoms with van der Waals surface area (Å²) in [6.07, 6.45) is 5.83. The quantitative estimate of drug-likeness (QED) is 0.758. The molecular weight excluding hydrogens is 392 g/mol. The normalized spacial score (nSPS) is 25.2. The third-order valence-corrected chi connectivity index (χ3v) is 7.36. The van der Waals surface area contributed by atoms with Crippen molar-refractivity contribution in [2.75, 3.05) is 33.4 Å². The highest BCUT2D eigenvalue weighted by Gasteiger charge is 2.32. The van der Waals surface area contributed by atoms with Crippen LogP contribution in [-0.2, 0) is 22.6 Å². The fourth-order valence-corrected chi connectivity index (χ4v) is 5.85. The zero-order chi connectivity index (χ0) is 19.8. The van der Waals surface area contributed by atoms with Crippen LogP contribution in [0.3, 0.4) is 0 Å². The van der Waals surface area contributed by atoms with Gasteiger partial charge < -0.3 is 14.2 Å². The number of amides is 1. The van der Waals surface area contributed by atoms with Crippen molar-refractivity contribution in [1.29, 1.82) is 0 Å². The van der Waals surface area contributed by atoms with E-state index in [1.807, 2.05) is 0 Å². The summed E-state index contributed by atoms with van der Waals surface area (Å²) in [5.74, 6) is 0.661. The maximum Gasteiger partial charge on any atom is 0.410 e. The lowest BCUT2D eigenvalue weighted by Crippen LogP contribution is -2.46. The van der Waals surface area contributed by atoms with Gasteiger partial charge in [-0.15, -0.1) is 11.3 Å². The number of hydrogen-bond acceptors (Lipinski definition) is 8. The summed E-state index contributed by atoms with van der Waals surface area (Å²) in [5.41, 5.74) is 1.10. The molecule has 156 valence electrons. The third-order valence-electron chi connectivity index (χ3n) is 6.24. The van der Waals surface area contributed by atoms with Crippen LogP contribution in [0, 0.1) is 0 Å². The van der Waals surface area contributed by atoms with Crippen molar-refractivity contribution >= 4 is 27.6 Å². The first-order valence-electron chi connectivity index (χ1n) is 10.3. The molecule has 2 aliphatic heterocycles. The number of rotatable bonds is 3. The topological polar surface area (TPSA) is 77.0 Å². The van der Waals surface area contributed by atoms with Gasteiger partial charge in [0.05, 0.1) is 38.8 Å². The number of morpholine rings is 1. The van der Waals surface area contributed by atoms with Gasteiger partial charge in [0.15, 0.2) is 0 Å². The van der Waals surface area contributed by atoms with Crippen molar-refractivity contribution in [2.24, 2.45) is 0 Å². The van der Waals surface area contributed by atoms with E-state index in [4.69, 9.17) is 14.2 Å². The van der Waals surface area contributed by atoms with Crippen molar-refractivity contribution in [3.63, 3.8) is 0 Å². The lowest BCUT2D eigenvalue weighted by molar-refractivity contribution is -0.00126. The zero-order valence-electron chi connectivity index (χ0n) is 16.6. The molecule has 29 heavy (non-hydrogen) atoms. The van der Waals surface area contributed by atoms with E-state index in [1.165, 1.54) is 7.11 Å². The SMILES string of the molecule is COC(=O)N1Cc2sc3ncnc(OC4CCC(N5CCOCC5)CC4)c3c2C1. The summed E-state index contributed by atoms with van der Waals surface area (Å²) in [6.45, 7) is 4.87. The van der Waals surface area contributed by atoms with Crippen molar-refractivity contribution in [3.8, 4) is 5.88 Å². The summed E-state index contributed by atoms with van der Waals surface area (Å²) >= 11 is 1.61. The molecule has 9 heteroatoms. The highest BCUT2D eigenvalue weighted by molar-refractivity contribution is 7.18. The molecule has 0 unspecified atom stereocenters. The molecule has 0 spiro atoms. The van der Waals surface area contributed by atoms with Crippen LogP contribution >= 0.6 is 11.3 Å². The minimum Gasteiger partial charge on any atom is -0.474 e. The van der Waals surface area contributed by atoms with Gasteiger partial charge in [-0.2, -0.15) is 0 Å². The Balaban J connectivity index is 1.29. The molecule has 0 radical (unpaired) electrons. The summed E-state index contributed by atoms with van der Waals surface area (Å²) in [5, 5.41) is 0.967. The maximum absolute atomic E-state index is 11.9. The van der Waals surface area contributed by atoms with E-state index < -0.39 is 0 Å². The van der Waals surface area contributed by atoms with Gasteiger partial charge in [-0.1, -0.05) is 0 Å². The standard InChI is InChI=1S/C20H26N4O4S/c1-26-20(25)24-10-15-16(11-24)29-19-17(15)18(21-12-22-19)28-14-4-2-13(3-5-14)23-6-8-27-9-7-23/h12-14H,2-11H2,1H3. The number of carbonyl (C=O) groups is 1. The summed E-state index contributed by atoms with van der Waals surface area (Å²) < 4.78 is 16.7. The third kappa shape index (κ3) is 3.67. The number of ether oxygens (including phenoxy) is 3. The molecule has 4 heterocycles. The number of carbonyl (C=O) groups excluding carboxylic acids is 1. The van der Waals surface area contributed by atoms with Crippen LogP contribution in [0.4, 0.5) is 4.79 Å². The molecule has 5 rings (SSSR count). The number of thiophene rings is 1. The Morgan fingerprint density at radius 1 is 1.17 bits per heavy atom. The first-order chi connectivity index (χ1) is 14.2. The van der Waals surface area contributed by atoms with Gasteiger partial charge in [-0.05, 0) is 25.7 Å². The fourth-order valence-electron chi connectivity index (χ4n) is 4.70. The Morgan fingerprint density at radius 3 is 2.72 bits per heavy atom. The van der Waals surface area contributed by atoms with Gasteiger partial charge in [-0.3, -0.25) is 9.80 Å². The Hall–Kier alpha value is -1.97. The predicted molar refractivity (Wildman–Crippen MR) is 108 cm³/mol. The molecular formula is C20H26N4O4S. The van der Waals surface area contributed by atoms with Crippen molar-refractivity contribution in [2.45, 2.75) is 50.9 Å². The van der Waals surface area contributed by atoms with Gasteiger partial charge in [0.25, 0.3) is 0 Å². The van der Waals surface area contributed by atoms with E-state index in [0.717, 1.165) is 72.6 Å². The average Bonchev–Trinajstić information content (AvgIpc) is 3.33. The van der Waals surface area contributed by atoms with Crippen molar-refractivity contribution in [1.82, 2.24) is 19.8 Å². The van der Waals surface area contributed by atoms with E-state index in [2.05, 4.69) is 14.9 Å². The summed E-state index contributed by atoms with van der Waals surface area (Å²) in [7, 11) is 1.41. The zero-order valence-corrected chi connectivity index (χ0v) is 17.4. The number of fused-ring (bicyclic) bond motifs is 3. The molecule has 0 N–H and O–H groups in total. The van der Waals surface area contributed by atoms with E-state index in [9.17, 15) is 4.79 Å². The van der Waals surface area contributed by atoms with Gasteiger partial charge in [0.1, 0.15) is 17.3 Å². The second-order valence-corrected chi connectivity index (χ2v) is 8.97. The van der Waals surface area contributed by atoms with Crippen molar-refractivity contribution < 1.29 is 19.0 Å². The van der Waals surface area contributed by atoms with E-state index in [0.29, 0.717) is 25.0 Å². The van der Waals surface area contributed by atoms with Crippen molar-refractivity contribution in [3.05, 3.63) is 16.8 Å². The Kier molecular flexibility index (Phi) is 5.28. The summed E-state index contributed by atoms with van der Waals surface area (Å²) in [4.78, 5) is 27.2. The number of nitrogens with zero attached hydrogens (tertiary/aromatic N) is 4. The molecule has 8 nitrogen and oxygen atoms in total. The molecule has 2 aromatic heterocycles. The minimum atomic E-state index is -0.303. The second-order valence-electron chi connectivity index (χ2n) is 7.89. The van der Waals surface area contributed by atoms with Gasteiger partial charge >= 0.3 is 6.09 Å². The van der Waals surface area contributed by atoms with E-state index in [-0.39, 0.29) is 12.2 Å². The summed E-state index contributed by atoms with van der Waals surface area (Å²) in [6, 6.07) is 0.642. The molecule has 3 aliphatic rings. The van der Waals surface area contributed by atoms with E-state index >= 15 is 0 Å². The maximum atomic E-state index is 11.9. The molecule has 1 saturated heterocycles. The molecule has 1 amide bonds. The van der Waals surface area contributed by atoms with Crippen LogP contribution in [0.15, 0.2) is 6.33 Å². The Morgan fingerprint density at radius 2 is 1.97 bits per heavy atom. The minimum absolute atomic E-state index is 0.180. The average molecular weight is 419 g/mol. The van der Waals surface area contributed by atoms with Crippen LogP contribution < -0.4 is 4.74 Å². The van der Waals surface area contributed by atoms with Crippen LogP contribution in [-0.4, -0.2) is 71.4 Å². The smallest absolute Gasteiger partial charge is 0.410 e. The monoisotopic (exact) mass is 418 g/mol. The Labute approximate surface area is 173 Å². The highest BCUT2D eigenvalue weighted by Crippen LogP contribution is 2.41. The van der Waals surface area contributed by atoms with Gasteiger partial charge in [-0.25, -0.2) is 14.8 Å². The first-order valence-corrected chi connectivity index (χ1v) is 11.1. The molecule has 1 saturated carbocycles.